The molecule has 8 aromatic heterocycles. The highest BCUT2D eigenvalue weighted by atomic mass is 32.2. The Balaban J connectivity index is 0.000000216. The van der Waals surface area contributed by atoms with E-state index in [-0.39, 0.29) is 35.1 Å². The number of ether oxygens (including phenoxy) is 6. The molecule has 4 atom stereocenters. The van der Waals surface area contributed by atoms with Crippen LogP contribution in [0.4, 0.5) is 0 Å². The second kappa shape index (κ2) is 23.7. The molecule has 0 aromatic carbocycles. The molecule has 74 heavy (non-hydrogen) atoms. The lowest BCUT2D eigenvalue weighted by Gasteiger charge is -2.22. The molecule has 0 aliphatic heterocycles. The Kier molecular flexibility index (Phi) is 17.3. The maximum absolute atomic E-state index is 13.6. The Morgan fingerprint density at radius 1 is 0.486 bits per heavy atom. The fourth-order valence-electron chi connectivity index (χ4n) is 7.50. The molecule has 24 nitrogen and oxygen atoms in total. The highest BCUT2D eigenvalue weighted by Crippen LogP contribution is 2.33. The molecular weight excluding hydrogens is 997 g/mol. The summed E-state index contributed by atoms with van der Waals surface area (Å²) in [7, 11) is 1.11. The van der Waals surface area contributed by atoms with Crippen molar-refractivity contribution < 1.29 is 45.3 Å². The van der Waals surface area contributed by atoms with Crippen LogP contribution in [0.25, 0.3) is 34.4 Å². The van der Waals surface area contributed by atoms with E-state index < -0.39 is 53.9 Å². The second-order valence-electron chi connectivity index (χ2n) is 16.3. The van der Waals surface area contributed by atoms with E-state index in [0.717, 1.165) is 11.1 Å². The van der Waals surface area contributed by atoms with Gasteiger partial charge in [0.05, 0.1) is 38.9 Å². The van der Waals surface area contributed by atoms with Gasteiger partial charge in [0, 0.05) is 63.5 Å². The Hall–Kier alpha value is -7.94. The smallest absolute Gasteiger partial charge is 0.238 e. The lowest BCUT2D eigenvalue weighted by Crippen LogP contribution is -2.30. The van der Waals surface area contributed by atoms with Gasteiger partial charge in [0.15, 0.2) is 54.6 Å². The normalized spacial score (nSPS) is 13.2. The predicted molar refractivity (Wildman–Crippen MR) is 268 cm³/mol. The number of aromatic nitrogens is 14. The number of hydrogen-bond acceptors (Lipinski definition) is 22. The van der Waals surface area contributed by atoms with E-state index in [1.54, 1.807) is 121 Å². The Labute approximate surface area is 427 Å². The van der Waals surface area contributed by atoms with Crippen LogP contribution in [0.3, 0.4) is 0 Å². The van der Waals surface area contributed by atoms with Gasteiger partial charge in [-0.2, -0.15) is 0 Å². The Morgan fingerprint density at radius 2 is 0.865 bits per heavy atom. The van der Waals surface area contributed by atoms with Gasteiger partial charge in [-0.05, 0) is 75.2 Å². The molecule has 0 saturated heterocycles. The fourth-order valence-corrected chi connectivity index (χ4v) is 10.3. The zero-order valence-corrected chi connectivity index (χ0v) is 43.8. The third-order valence-electron chi connectivity index (χ3n) is 11.4. The molecule has 8 aromatic rings. The number of nitrogens with zero attached hydrogens (tertiary/aromatic N) is 14. The summed E-state index contributed by atoms with van der Waals surface area (Å²) in [6, 6.07) is 17.2. The fraction of sp³-hybridized carbons (Fsp3) is 0.333. The molecule has 0 bridgehead atoms. The average Bonchev–Trinajstić information content (AvgIpc) is 4.03. The van der Waals surface area contributed by atoms with E-state index in [9.17, 15) is 16.8 Å². The SMILES string of the molecule is COc1cccc(-c2nnc(CS(=O)(=O)[C@@H](C)[C@H](OC)c3ncc(C)cn3)n2-c2cccnc2OC)n1.COc1cccc(-c2nnc(CS(=O)(=O)[C@@H](C)[C@H](OC)c3ncc(C)cn3)n2-c2cccnc2OC)n1. The number of aryl methyl sites for hydroxylation is 2. The molecule has 0 unspecified atom stereocenters. The monoisotopic (exact) mass is 1050 g/mol. The van der Waals surface area contributed by atoms with Gasteiger partial charge in [-0.1, -0.05) is 12.1 Å². The molecule has 0 amide bonds. The van der Waals surface area contributed by atoms with Crippen molar-refractivity contribution in [2.24, 2.45) is 0 Å². The molecule has 26 heteroatoms. The highest BCUT2D eigenvalue weighted by molar-refractivity contribution is 7.91. The van der Waals surface area contributed by atoms with Gasteiger partial charge in [0.25, 0.3) is 0 Å². The van der Waals surface area contributed by atoms with E-state index in [4.69, 9.17) is 28.4 Å². The number of rotatable bonds is 20. The van der Waals surface area contributed by atoms with Crippen LogP contribution in [0.2, 0.25) is 0 Å². The summed E-state index contributed by atoms with van der Waals surface area (Å²) >= 11 is 0. The summed E-state index contributed by atoms with van der Waals surface area (Å²) in [6.45, 7) is 6.81. The molecule has 0 spiro atoms. The Morgan fingerprint density at radius 3 is 1.20 bits per heavy atom. The highest BCUT2D eigenvalue weighted by Gasteiger charge is 2.37. The standard InChI is InChI=1S/2C24H27N7O5S/c2*1-15-12-26-22(27-13-15)21(35-4)16(2)37(32,33)14-19-29-30-23(17-8-6-10-20(28-17)34-3)31(19)18-9-7-11-25-24(18)36-5/h2*6-13,16,21H,14H2,1-5H3/t2*16-,21-/m00/s1. The third-order valence-corrected chi connectivity index (χ3v) is 15.5. The van der Waals surface area contributed by atoms with Crippen LogP contribution in [0.1, 0.15) is 60.5 Å². The lowest BCUT2D eigenvalue weighted by molar-refractivity contribution is 0.0947. The van der Waals surface area contributed by atoms with Crippen molar-refractivity contribution in [1.29, 1.82) is 0 Å². The summed E-state index contributed by atoms with van der Waals surface area (Å²) in [5, 5.41) is 15.1. The summed E-state index contributed by atoms with van der Waals surface area (Å²) in [4.78, 5) is 34.4. The molecular formula is C48H54N14O10S2. The third kappa shape index (κ3) is 11.9. The molecule has 388 valence electrons. The second-order valence-corrected chi connectivity index (χ2v) is 21.0. The van der Waals surface area contributed by atoms with Crippen molar-refractivity contribution in [1.82, 2.24) is 69.4 Å². The van der Waals surface area contributed by atoms with E-state index in [0.29, 0.717) is 46.2 Å². The predicted octanol–water partition coefficient (Wildman–Crippen LogP) is 5.06. The Bertz CT molecular complexity index is 3170. The average molecular weight is 1050 g/mol. The minimum absolute atomic E-state index is 0.150. The van der Waals surface area contributed by atoms with Crippen molar-refractivity contribution >= 4 is 19.7 Å². The van der Waals surface area contributed by atoms with Crippen LogP contribution in [-0.2, 0) is 40.7 Å². The summed E-state index contributed by atoms with van der Waals surface area (Å²) in [6.07, 6.45) is 7.85. The van der Waals surface area contributed by atoms with Gasteiger partial charge in [0.1, 0.15) is 46.5 Å². The van der Waals surface area contributed by atoms with Gasteiger partial charge in [-0.25, -0.2) is 56.7 Å². The number of hydrogen-bond donors (Lipinski definition) is 0. The maximum atomic E-state index is 13.6. The van der Waals surface area contributed by atoms with E-state index >= 15 is 0 Å². The summed E-state index contributed by atoms with van der Waals surface area (Å²) < 4.78 is 90.0. The van der Waals surface area contributed by atoms with Crippen LogP contribution >= 0.6 is 0 Å². The minimum Gasteiger partial charge on any atom is -0.481 e. The van der Waals surface area contributed by atoms with E-state index in [2.05, 4.69) is 60.3 Å². The molecule has 0 radical (unpaired) electrons. The molecule has 0 N–H and O–H groups in total. The maximum Gasteiger partial charge on any atom is 0.238 e. The first-order valence-electron chi connectivity index (χ1n) is 22.5. The van der Waals surface area contributed by atoms with Crippen molar-refractivity contribution in [2.75, 3.05) is 42.7 Å². The van der Waals surface area contributed by atoms with E-state index in [1.165, 1.54) is 42.7 Å². The van der Waals surface area contributed by atoms with Crippen molar-refractivity contribution in [3.05, 3.63) is 132 Å². The summed E-state index contributed by atoms with van der Waals surface area (Å²) in [5.74, 6) is 1.83. The van der Waals surface area contributed by atoms with Crippen LogP contribution in [0.15, 0.2) is 97.8 Å². The van der Waals surface area contributed by atoms with Gasteiger partial charge in [-0.3, -0.25) is 9.13 Å². The number of methoxy groups -OCH3 is 6. The molecule has 0 aliphatic carbocycles. The first-order valence-corrected chi connectivity index (χ1v) is 26.0. The quantitative estimate of drug-likeness (QED) is 0.0963. The van der Waals surface area contributed by atoms with Gasteiger partial charge < -0.3 is 28.4 Å². The molecule has 8 heterocycles. The first-order chi connectivity index (χ1) is 35.6. The molecule has 0 aliphatic rings. The van der Waals surface area contributed by atoms with Crippen LogP contribution in [0.5, 0.6) is 23.5 Å². The zero-order valence-electron chi connectivity index (χ0n) is 42.1. The van der Waals surface area contributed by atoms with Gasteiger partial charge in [0.2, 0.25) is 23.5 Å². The summed E-state index contributed by atoms with van der Waals surface area (Å²) in [5.41, 5.74) is 3.47. The molecule has 0 fully saturated rings. The lowest BCUT2D eigenvalue weighted by atomic mass is 10.2. The van der Waals surface area contributed by atoms with Gasteiger partial charge >= 0.3 is 0 Å². The van der Waals surface area contributed by atoms with Gasteiger partial charge in [-0.15, -0.1) is 20.4 Å². The first kappa shape index (κ1) is 53.8. The minimum atomic E-state index is -3.85. The molecule has 8 rings (SSSR count). The van der Waals surface area contributed by atoms with Crippen LogP contribution < -0.4 is 18.9 Å². The van der Waals surface area contributed by atoms with Crippen molar-refractivity contribution in [2.45, 2.75) is 61.9 Å². The van der Waals surface area contributed by atoms with E-state index in [1.807, 2.05) is 13.8 Å². The largest absolute Gasteiger partial charge is 0.481 e. The van der Waals surface area contributed by atoms with Crippen molar-refractivity contribution in [3.63, 3.8) is 0 Å². The van der Waals surface area contributed by atoms with Crippen LogP contribution in [0, 0.1) is 13.8 Å². The number of sulfone groups is 2. The topological polar surface area (TPSA) is 288 Å². The zero-order chi connectivity index (χ0) is 53.2. The van der Waals surface area contributed by atoms with Crippen molar-refractivity contribution in [3.8, 4) is 57.9 Å². The molecule has 0 saturated carbocycles. The number of pyridine rings is 4. The van der Waals surface area contributed by atoms with Crippen LogP contribution in [-0.4, -0.2) is 139 Å².